The number of ether oxygens (including phenoxy) is 2. The number of carbonyl (C=O) groups is 1. The molecule has 0 radical (unpaired) electrons. The molecule has 0 heterocycles. The van der Waals surface area contributed by atoms with E-state index in [1.165, 1.54) is 6.42 Å². The number of nitrogens with zero attached hydrogens (tertiary/aromatic N) is 1. The highest BCUT2D eigenvalue weighted by atomic mass is 16.5. The van der Waals surface area contributed by atoms with E-state index in [2.05, 4.69) is 17.1 Å². The van der Waals surface area contributed by atoms with E-state index >= 15 is 0 Å². The minimum Gasteiger partial charge on any atom is -0.492 e. The molecule has 0 saturated heterocycles. The summed E-state index contributed by atoms with van der Waals surface area (Å²) in [6, 6.07) is 7.55. The fourth-order valence-electron chi connectivity index (χ4n) is 3.41. The summed E-state index contributed by atoms with van der Waals surface area (Å²) in [5, 5.41) is 3.03. The van der Waals surface area contributed by atoms with Gasteiger partial charge in [-0.1, -0.05) is 13.3 Å². The largest absolute Gasteiger partial charge is 0.492 e. The van der Waals surface area contributed by atoms with Gasteiger partial charge >= 0.3 is 0 Å². The van der Waals surface area contributed by atoms with Crippen molar-refractivity contribution in [3.63, 3.8) is 0 Å². The van der Waals surface area contributed by atoms with Crippen molar-refractivity contribution < 1.29 is 14.3 Å². The predicted molar refractivity (Wildman–Crippen MR) is 101 cm³/mol. The van der Waals surface area contributed by atoms with Crippen LogP contribution in [0.4, 0.5) is 5.69 Å². The summed E-state index contributed by atoms with van der Waals surface area (Å²) >= 11 is 0. The first-order valence-corrected chi connectivity index (χ1v) is 9.28. The van der Waals surface area contributed by atoms with Crippen molar-refractivity contribution in [3.05, 3.63) is 24.3 Å². The third-order valence-electron chi connectivity index (χ3n) is 4.71. The van der Waals surface area contributed by atoms with Crippen LogP contribution in [0.15, 0.2) is 24.3 Å². The number of nitrogens with one attached hydrogen (secondary N) is 1. The lowest BCUT2D eigenvalue weighted by Gasteiger charge is -2.38. The van der Waals surface area contributed by atoms with Gasteiger partial charge in [-0.05, 0) is 70.5 Å². The highest BCUT2D eigenvalue weighted by molar-refractivity contribution is 5.97. The van der Waals surface area contributed by atoms with Crippen LogP contribution in [0.25, 0.3) is 0 Å². The summed E-state index contributed by atoms with van der Waals surface area (Å²) < 4.78 is 11.6. The molecule has 0 aliphatic heterocycles. The fourth-order valence-corrected chi connectivity index (χ4v) is 3.41. The molecule has 5 heteroatoms. The first-order valence-electron chi connectivity index (χ1n) is 9.28. The second kappa shape index (κ2) is 9.20. The highest BCUT2D eigenvalue weighted by Crippen LogP contribution is 2.36. The average Bonchev–Trinajstić information content (AvgIpc) is 2.56. The standard InChI is InChI=1S/C20H32N2O3/c1-5-25-20(12-6-7-16(2)15-20)19(23)21-17-8-10-18(11-9-17)24-14-13-22(3)4/h8-11,16H,5-7,12-15H2,1-4H3,(H,21,23)/t16-,20+/m0/s1. The van der Waals surface area contributed by atoms with E-state index in [0.717, 1.165) is 37.2 Å². The topological polar surface area (TPSA) is 50.8 Å². The number of hydrogen-bond acceptors (Lipinski definition) is 4. The van der Waals surface area contributed by atoms with E-state index in [0.29, 0.717) is 19.1 Å². The number of anilines is 1. The second-order valence-electron chi connectivity index (χ2n) is 7.26. The lowest BCUT2D eigenvalue weighted by atomic mass is 9.78. The monoisotopic (exact) mass is 348 g/mol. The van der Waals surface area contributed by atoms with Crippen LogP contribution in [0.2, 0.25) is 0 Å². The molecule has 1 aromatic carbocycles. The Labute approximate surface area is 151 Å². The van der Waals surface area contributed by atoms with E-state index in [4.69, 9.17) is 9.47 Å². The van der Waals surface area contributed by atoms with Gasteiger partial charge in [-0.25, -0.2) is 0 Å². The van der Waals surface area contributed by atoms with Crippen molar-refractivity contribution in [1.82, 2.24) is 4.90 Å². The van der Waals surface area contributed by atoms with Gasteiger partial charge in [0.05, 0.1) is 0 Å². The molecule has 1 aromatic rings. The maximum Gasteiger partial charge on any atom is 0.256 e. The molecule has 1 N–H and O–H groups in total. The molecular weight excluding hydrogens is 316 g/mol. The molecule has 1 fully saturated rings. The average molecular weight is 348 g/mol. The maximum atomic E-state index is 12.9. The molecule has 1 aliphatic carbocycles. The molecule has 2 atom stereocenters. The minimum absolute atomic E-state index is 0.0258. The summed E-state index contributed by atoms with van der Waals surface area (Å²) in [6.45, 7) is 6.21. The number of hydrogen-bond donors (Lipinski definition) is 1. The Hall–Kier alpha value is -1.59. The van der Waals surface area contributed by atoms with E-state index in [1.807, 2.05) is 45.3 Å². The molecule has 140 valence electrons. The lowest BCUT2D eigenvalue weighted by molar-refractivity contribution is -0.147. The Morgan fingerprint density at radius 3 is 2.64 bits per heavy atom. The summed E-state index contributed by atoms with van der Waals surface area (Å²) in [7, 11) is 4.03. The lowest BCUT2D eigenvalue weighted by Crippen LogP contribution is -2.48. The fraction of sp³-hybridized carbons (Fsp3) is 0.650. The minimum atomic E-state index is -0.687. The Bertz CT molecular complexity index is 540. The summed E-state index contributed by atoms with van der Waals surface area (Å²) in [5.74, 6) is 1.30. The Kier molecular flexibility index (Phi) is 7.26. The van der Waals surface area contributed by atoms with Crippen LogP contribution in [0.3, 0.4) is 0 Å². The molecule has 0 spiro atoms. The molecule has 1 aliphatic rings. The van der Waals surface area contributed by atoms with Crippen LogP contribution in [0, 0.1) is 5.92 Å². The van der Waals surface area contributed by atoms with Gasteiger partial charge in [0.1, 0.15) is 18.0 Å². The van der Waals surface area contributed by atoms with Crippen LogP contribution < -0.4 is 10.1 Å². The van der Waals surface area contributed by atoms with Crippen molar-refractivity contribution in [2.75, 3.05) is 39.2 Å². The van der Waals surface area contributed by atoms with E-state index in [-0.39, 0.29) is 5.91 Å². The Morgan fingerprint density at radius 1 is 1.32 bits per heavy atom. The summed E-state index contributed by atoms with van der Waals surface area (Å²) in [6.07, 6.45) is 3.79. The zero-order valence-corrected chi connectivity index (χ0v) is 16.0. The van der Waals surface area contributed by atoms with Crippen molar-refractivity contribution in [2.45, 2.75) is 45.1 Å². The number of benzene rings is 1. The van der Waals surface area contributed by atoms with Crippen LogP contribution in [0.1, 0.15) is 39.5 Å². The molecular formula is C20H32N2O3. The number of amides is 1. The third kappa shape index (κ3) is 5.72. The molecule has 0 aromatic heterocycles. The normalized spacial score (nSPS) is 23.5. The van der Waals surface area contributed by atoms with Gasteiger partial charge in [0.25, 0.3) is 5.91 Å². The molecule has 1 amide bonds. The van der Waals surface area contributed by atoms with Crippen LogP contribution >= 0.6 is 0 Å². The van der Waals surface area contributed by atoms with Gasteiger partial charge in [0.15, 0.2) is 0 Å². The second-order valence-corrected chi connectivity index (χ2v) is 7.26. The highest BCUT2D eigenvalue weighted by Gasteiger charge is 2.42. The van der Waals surface area contributed by atoms with E-state index in [1.54, 1.807) is 0 Å². The Balaban J connectivity index is 1.96. The van der Waals surface area contributed by atoms with Crippen LogP contribution in [-0.2, 0) is 9.53 Å². The van der Waals surface area contributed by atoms with Crippen LogP contribution in [0.5, 0.6) is 5.75 Å². The van der Waals surface area contributed by atoms with E-state index < -0.39 is 5.60 Å². The summed E-state index contributed by atoms with van der Waals surface area (Å²) in [5.41, 5.74) is 0.0927. The van der Waals surface area contributed by atoms with Gasteiger partial charge in [0.2, 0.25) is 0 Å². The zero-order chi connectivity index (χ0) is 18.3. The number of rotatable bonds is 8. The molecule has 5 nitrogen and oxygen atoms in total. The maximum absolute atomic E-state index is 12.9. The Morgan fingerprint density at radius 2 is 2.04 bits per heavy atom. The first-order chi connectivity index (χ1) is 11.9. The predicted octanol–water partition coefficient (Wildman–Crippen LogP) is 3.55. The van der Waals surface area contributed by atoms with E-state index in [9.17, 15) is 4.79 Å². The SMILES string of the molecule is CCO[C@]1(C(=O)Nc2ccc(OCCN(C)C)cc2)CCC[C@H](C)C1. The molecule has 0 bridgehead atoms. The van der Waals surface area contributed by atoms with Crippen molar-refractivity contribution >= 4 is 11.6 Å². The first kappa shape index (κ1) is 19.7. The molecule has 1 saturated carbocycles. The zero-order valence-electron chi connectivity index (χ0n) is 16.0. The number of likely N-dealkylation sites (N-methyl/N-ethyl adjacent to an activating group) is 1. The molecule has 2 rings (SSSR count). The van der Waals surface area contributed by atoms with Crippen molar-refractivity contribution in [3.8, 4) is 5.75 Å². The molecule has 25 heavy (non-hydrogen) atoms. The van der Waals surface area contributed by atoms with Crippen molar-refractivity contribution in [2.24, 2.45) is 5.92 Å². The van der Waals surface area contributed by atoms with Gasteiger partial charge < -0.3 is 19.7 Å². The summed E-state index contributed by atoms with van der Waals surface area (Å²) in [4.78, 5) is 15.0. The quantitative estimate of drug-likeness (QED) is 0.780. The smallest absolute Gasteiger partial charge is 0.256 e. The van der Waals surface area contributed by atoms with Gasteiger partial charge in [0, 0.05) is 18.8 Å². The van der Waals surface area contributed by atoms with Crippen LogP contribution in [-0.4, -0.2) is 50.3 Å². The third-order valence-corrected chi connectivity index (χ3v) is 4.71. The number of carbonyl (C=O) groups excluding carboxylic acids is 1. The van der Waals surface area contributed by atoms with Gasteiger partial charge in [-0.3, -0.25) is 4.79 Å². The molecule has 0 unspecified atom stereocenters. The van der Waals surface area contributed by atoms with Gasteiger partial charge in [-0.2, -0.15) is 0 Å². The van der Waals surface area contributed by atoms with Gasteiger partial charge in [-0.15, -0.1) is 0 Å². The van der Waals surface area contributed by atoms with Crippen molar-refractivity contribution in [1.29, 1.82) is 0 Å².